The molecule has 0 aliphatic carbocycles. The van der Waals surface area contributed by atoms with Crippen molar-refractivity contribution in [2.45, 2.75) is 194 Å². The molecule has 3 nitrogen and oxygen atoms in total. The van der Waals surface area contributed by atoms with Crippen LogP contribution in [-0.2, 0) is 4.79 Å². The SMILES string of the molecule is CCCCCCCCC(CCCCCCCC)CCCCCCCN(CCO)CCCCCCCC(C)CC=O. The topological polar surface area (TPSA) is 40.5 Å². The first-order chi connectivity index (χ1) is 19.7. The van der Waals surface area contributed by atoms with Crippen molar-refractivity contribution in [3.63, 3.8) is 0 Å². The Bertz CT molecular complexity index is 467. The van der Waals surface area contributed by atoms with Gasteiger partial charge in [-0.1, -0.05) is 175 Å². The molecule has 0 aromatic heterocycles. The molecule has 1 N–H and O–H groups in total. The summed E-state index contributed by atoms with van der Waals surface area (Å²) in [6, 6.07) is 0. The Labute approximate surface area is 253 Å². The quantitative estimate of drug-likeness (QED) is 0.0623. The smallest absolute Gasteiger partial charge is 0.120 e. The van der Waals surface area contributed by atoms with Crippen molar-refractivity contribution < 1.29 is 9.90 Å². The second kappa shape index (κ2) is 33.1. The molecule has 0 aliphatic rings. The van der Waals surface area contributed by atoms with Gasteiger partial charge in [-0.2, -0.15) is 0 Å². The highest BCUT2D eigenvalue weighted by molar-refractivity contribution is 5.49. The third kappa shape index (κ3) is 29.1. The summed E-state index contributed by atoms with van der Waals surface area (Å²) >= 11 is 0. The highest BCUT2D eigenvalue weighted by Gasteiger charge is 2.09. The van der Waals surface area contributed by atoms with Gasteiger partial charge in [0.2, 0.25) is 0 Å². The standard InChI is InChI=1S/C37H75NO2/c1-4-6-8-10-15-21-27-37(28-22-16-11-9-7-5-2)29-23-17-13-19-25-32-38(33-35-40)31-24-18-12-14-20-26-36(3)30-34-39/h34,36-37,40H,4-33,35H2,1-3H3. The van der Waals surface area contributed by atoms with E-state index in [9.17, 15) is 9.90 Å². The molecule has 40 heavy (non-hydrogen) atoms. The van der Waals surface area contributed by atoms with E-state index >= 15 is 0 Å². The van der Waals surface area contributed by atoms with E-state index in [4.69, 9.17) is 0 Å². The van der Waals surface area contributed by atoms with E-state index in [1.807, 2.05) is 0 Å². The second-order valence-corrected chi connectivity index (χ2v) is 13.2. The summed E-state index contributed by atoms with van der Waals surface area (Å²) in [5, 5.41) is 9.49. The fourth-order valence-electron chi connectivity index (χ4n) is 6.28. The number of hydrogen-bond acceptors (Lipinski definition) is 3. The van der Waals surface area contributed by atoms with Crippen molar-refractivity contribution in [2.24, 2.45) is 11.8 Å². The summed E-state index contributed by atoms with van der Waals surface area (Å²) in [4.78, 5) is 13.1. The molecule has 0 spiro atoms. The molecular weight excluding hydrogens is 490 g/mol. The number of aldehydes is 1. The molecule has 0 amide bonds. The van der Waals surface area contributed by atoms with E-state index in [1.54, 1.807) is 0 Å². The number of nitrogens with zero attached hydrogens (tertiary/aromatic N) is 1. The fraction of sp³-hybridized carbons (Fsp3) is 0.973. The molecule has 0 aromatic carbocycles. The third-order valence-electron chi connectivity index (χ3n) is 9.10. The van der Waals surface area contributed by atoms with Gasteiger partial charge in [0.25, 0.3) is 0 Å². The number of carbonyl (C=O) groups is 1. The Morgan fingerprint density at radius 2 is 0.900 bits per heavy atom. The van der Waals surface area contributed by atoms with E-state index in [-0.39, 0.29) is 6.61 Å². The average molecular weight is 566 g/mol. The molecule has 1 atom stereocenters. The molecule has 0 bridgehead atoms. The molecule has 3 heteroatoms. The maximum Gasteiger partial charge on any atom is 0.120 e. The zero-order valence-electron chi connectivity index (χ0n) is 28.0. The lowest BCUT2D eigenvalue weighted by molar-refractivity contribution is -0.108. The van der Waals surface area contributed by atoms with Crippen LogP contribution in [0, 0.1) is 11.8 Å². The van der Waals surface area contributed by atoms with Gasteiger partial charge in [0.1, 0.15) is 6.29 Å². The predicted molar refractivity (Wildman–Crippen MR) is 178 cm³/mol. The Morgan fingerprint density at radius 1 is 0.525 bits per heavy atom. The van der Waals surface area contributed by atoms with E-state index in [1.165, 1.54) is 167 Å². The first-order valence-corrected chi connectivity index (χ1v) is 18.4. The highest BCUT2D eigenvalue weighted by atomic mass is 16.3. The van der Waals surface area contributed by atoms with Crippen LogP contribution in [0.25, 0.3) is 0 Å². The number of carbonyl (C=O) groups excluding carboxylic acids is 1. The van der Waals surface area contributed by atoms with Gasteiger partial charge in [-0.05, 0) is 37.8 Å². The van der Waals surface area contributed by atoms with E-state index in [0.717, 1.165) is 38.3 Å². The molecule has 0 rings (SSSR count). The summed E-state index contributed by atoms with van der Waals surface area (Å²) in [5.41, 5.74) is 0. The zero-order valence-corrected chi connectivity index (χ0v) is 28.0. The molecule has 0 aromatic rings. The summed E-state index contributed by atoms with van der Waals surface area (Å²) < 4.78 is 0. The Hall–Kier alpha value is -0.410. The van der Waals surface area contributed by atoms with Gasteiger partial charge in [0.05, 0.1) is 6.61 Å². The number of rotatable bonds is 34. The Kier molecular flexibility index (Phi) is 32.8. The Balaban J connectivity index is 3.96. The average Bonchev–Trinajstić information content (AvgIpc) is 2.95. The molecule has 0 fully saturated rings. The van der Waals surface area contributed by atoms with Crippen molar-refractivity contribution >= 4 is 6.29 Å². The predicted octanol–water partition coefficient (Wildman–Crippen LogP) is 11.3. The molecule has 1 unspecified atom stereocenters. The number of unbranched alkanes of at least 4 members (excludes halogenated alkanes) is 18. The van der Waals surface area contributed by atoms with Crippen LogP contribution in [0.5, 0.6) is 0 Å². The fourth-order valence-corrected chi connectivity index (χ4v) is 6.28. The largest absolute Gasteiger partial charge is 0.395 e. The van der Waals surface area contributed by atoms with Crippen LogP contribution in [0.4, 0.5) is 0 Å². The van der Waals surface area contributed by atoms with E-state index in [2.05, 4.69) is 25.7 Å². The van der Waals surface area contributed by atoms with Crippen molar-refractivity contribution in [1.82, 2.24) is 4.90 Å². The van der Waals surface area contributed by atoms with E-state index in [0.29, 0.717) is 5.92 Å². The summed E-state index contributed by atoms with van der Waals surface area (Å²) in [7, 11) is 0. The first kappa shape index (κ1) is 39.6. The molecule has 0 saturated carbocycles. The maximum atomic E-state index is 10.6. The summed E-state index contributed by atoms with van der Waals surface area (Å²) in [5.74, 6) is 1.53. The Morgan fingerprint density at radius 3 is 1.30 bits per heavy atom. The molecular formula is C37H75NO2. The monoisotopic (exact) mass is 566 g/mol. The van der Waals surface area contributed by atoms with Gasteiger partial charge < -0.3 is 14.8 Å². The normalized spacial score (nSPS) is 12.6. The van der Waals surface area contributed by atoms with Crippen LogP contribution >= 0.6 is 0 Å². The van der Waals surface area contributed by atoms with Crippen LogP contribution in [0.3, 0.4) is 0 Å². The van der Waals surface area contributed by atoms with Gasteiger partial charge >= 0.3 is 0 Å². The number of aliphatic hydroxyl groups is 1. The van der Waals surface area contributed by atoms with Crippen molar-refractivity contribution in [3.05, 3.63) is 0 Å². The molecule has 0 saturated heterocycles. The molecule has 240 valence electrons. The zero-order chi connectivity index (χ0) is 29.4. The van der Waals surface area contributed by atoms with Crippen LogP contribution in [0.2, 0.25) is 0 Å². The third-order valence-corrected chi connectivity index (χ3v) is 9.10. The van der Waals surface area contributed by atoms with Crippen LogP contribution in [0.1, 0.15) is 194 Å². The lowest BCUT2D eigenvalue weighted by Gasteiger charge is -2.21. The van der Waals surface area contributed by atoms with E-state index < -0.39 is 0 Å². The van der Waals surface area contributed by atoms with Gasteiger partial charge in [0, 0.05) is 13.0 Å². The molecule has 0 radical (unpaired) electrons. The van der Waals surface area contributed by atoms with Crippen LogP contribution < -0.4 is 0 Å². The van der Waals surface area contributed by atoms with Gasteiger partial charge in [-0.25, -0.2) is 0 Å². The first-order valence-electron chi connectivity index (χ1n) is 18.4. The van der Waals surface area contributed by atoms with Gasteiger partial charge in [-0.3, -0.25) is 0 Å². The minimum absolute atomic E-state index is 0.285. The number of hydrogen-bond donors (Lipinski definition) is 1. The van der Waals surface area contributed by atoms with Crippen molar-refractivity contribution in [3.8, 4) is 0 Å². The van der Waals surface area contributed by atoms with Crippen LogP contribution in [0.15, 0.2) is 0 Å². The summed E-state index contributed by atoms with van der Waals surface area (Å²) in [6.45, 7) is 10.2. The number of aliphatic hydroxyl groups excluding tert-OH is 1. The molecule has 0 aliphatic heterocycles. The maximum absolute atomic E-state index is 10.6. The minimum atomic E-state index is 0.285. The van der Waals surface area contributed by atoms with Crippen molar-refractivity contribution in [2.75, 3.05) is 26.2 Å². The highest BCUT2D eigenvalue weighted by Crippen LogP contribution is 2.25. The van der Waals surface area contributed by atoms with Crippen LogP contribution in [-0.4, -0.2) is 42.5 Å². The van der Waals surface area contributed by atoms with Crippen molar-refractivity contribution in [1.29, 1.82) is 0 Å². The van der Waals surface area contributed by atoms with Gasteiger partial charge in [-0.15, -0.1) is 0 Å². The lowest BCUT2D eigenvalue weighted by atomic mass is 9.89. The molecule has 0 heterocycles. The lowest BCUT2D eigenvalue weighted by Crippen LogP contribution is -2.29. The van der Waals surface area contributed by atoms with Gasteiger partial charge in [0.15, 0.2) is 0 Å². The second-order valence-electron chi connectivity index (χ2n) is 13.2. The minimum Gasteiger partial charge on any atom is -0.395 e. The summed E-state index contributed by atoms with van der Waals surface area (Å²) in [6.07, 6.45) is 37.8.